The summed E-state index contributed by atoms with van der Waals surface area (Å²) in [6.45, 7) is 0. The van der Waals surface area contributed by atoms with E-state index in [4.69, 9.17) is 0 Å². The van der Waals surface area contributed by atoms with Gasteiger partial charge in [0.2, 0.25) is 0 Å². The molecule has 0 spiro atoms. The van der Waals surface area contributed by atoms with Crippen LogP contribution in [0.15, 0.2) is 42.9 Å². The Hall–Kier alpha value is -2.76. The molecule has 2 heterocycles. The molecule has 0 aromatic carbocycles. The molecule has 0 aliphatic carbocycles. The van der Waals surface area contributed by atoms with Crippen LogP contribution in [0.1, 0.15) is 15.9 Å². The van der Waals surface area contributed by atoms with Gasteiger partial charge in [-0.1, -0.05) is 0 Å². The van der Waals surface area contributed by atoms with E-state index >= 15 is 0 Å². The Morgan fingerprint density at radius 1 is 1.16 bits per heavy atom. The second-order valence-corrected chi connectivity index (χ2v) is 3.80. The Kier molecular flexibility index (Phi) is 3.82. The zero-order chi connectivity index (χ0) is 13.7. The van der Waals surface area contributed by atoms with E-state index in [-0.39, 0.29) is 18.0 Å². The van der Waals surface area contributed by atoms with Crippen LogP contribution in [0.4, 0.5) is 10.6 Å². The fraction of sp³-hybridized carbons (Fsp3) is 0.0769. The lowest BCUT2D eigenvalue weighted by Crippen LogP contribution is -2.29. The van der Waals surface area contributed by atoms with Crippen molar-refractivity contribution < 1.29 is 14.7 Å². The molecule has 2 aromatic heterocycles. The molecule has 0 unspecified atom stereocenters. The van der Waals surface area contributed by atoms with Crippen LogP contribution in [0.25, 0.3) is 0 Å². The van der Waals surface area contributed by atoms with E-state index in [9.17, 15) is 14.7 Å². The highest BCUT2D eigenvalue weighted by Gasteiger charge is 2.07. The molecule has 0 saturated carbocycles. The van der Waals surface area contributed by atoms with Crippen molar-refractivity contribution >= 4 is 17.7 Å². The number of nitrogens with one attached hydrogen (secondary N) is 1. The van der Waals surface area contributed by atoms with E-state index in [1.54, 1.807) is 30.6 Å². The van der Waals surface area contributed by atoms with Crippen molar-refractivity contribution in [1.29, 1.82) is 0 Å². The van der Waals surface area contributed by atoms with Crippen LogP contribution in [-0.4, -0.2) is 21.8 Å². The number of carboxylic acid groups (broad SMARTS) is 1. The number of anilines is 1. The van der Waals surface area contributed by atoms with Gasteiger partial charge in [-0.25, -0.2) is 4.98 Å². The molecule has 0 saturated heterocycles. The zero-order valence-corrected chi connectivity index (χ0v) is 9.87. The molecule has 0 aliphatic heterocycles. The number of carbonyl (C=O) groups excluding carboxylic acids is 2. The molecule has 0 radical (unpaired) electrons. The van der Waals surface area contributed by atoms with Crippen molar-refractivity contribution in [1.82, 2.24) is 9.97 Å². The van der Waals surface area contributed by atoms with Gasteiger partial charge in [0.15, 0.2) is 5.78 Å². The van der Waals surface area contributed by atoms with E-state index in [1.165, 1.54) is 12.3 Å². The van der Waals surface area contributed by atoms with Crippen LogP contribution in [0.5, 0.6) is 0 Å². The van der Waals surface area contributed by atoms with Crippen LogP contribution >= 0.6 is 0 Å². The zero-order valence-electron chi connectivity index (χ0n) is 9.87. The average molecular weight is 256 g/mol. The summed E-state index contributed by atoms with van der Waals surface area (Å²) < 4.78 is 0. The Morgan fingerprint density at radius 3 is 2.58 bits per heavy atom. The summed E-state index contributed by atoms with van der Waals surface area (Å²) in [5.74, 6) is 0.0630. The SMILES string of the molecule is O=C([O-])Nc1cc(CC(=O)c2ccncc2)ccn1. The molecule has 1 amide bonds. The smallest absolute Gasteiger partial charge is 0.167 e. The fourth-order valence-corrected chi connectivity index (χ4v) is 1.58. The fourth-order valence-electron chi connectivity index (χ4n) is 1.58. The Labute approximate surface area is 109 Å². The lowest BCUT2D eigenvalue weighted by atomic mass is 10.1. The van der Waals surface area contributed by atoms with Gasteiger partial charge in [0.1, 0.15) is 11.9 Å². The van der Waals surface area contributed by atoms with Crippen molar-refractivity contribution in [2.75, 3.05) is 5.32 Å². The third-order valence-corrected chi connectivity index (χ3v) is 2.42. The monoisotopic (exact) mass is 256 g/mol. The first kappa shape index (κ1) is 12.7. The van der Waals surface area contributed by atoms with Crippen molar-refractivity contribution in [3.63, 3.8) is 0 Å². The van der Waals surface area contributed by atoms with Gasteiger partial charge < -0.3 is 15.2 Å². The highest BCUT2D eigenvalue weighted by Crippen LogP contribution is 2.10. The number of pyridine rings is 2. The van der Waals surface area contributed by atoms with E-state index in [2.05, 4.69) is 9.97 Å². The van der Waals surface area contributed by atoms with Gasteiger partial charge in [-0.3, -0.25) is 9.78 Å². The predicted octanol–water partition coefficient (Wildman–Crippen LogP) is 0.657. The summed E-state index contributed by atoms with van der Waals surface area (Å²) in [5, 5.41) is 12.4. The topological polar surface area (TPSA) is 95.0 Å². The first-order chi connectivity index (χ1) is 9.15. The quantitative estimate of drug-likeness (QED) is 0.810. The van der Waals surface area contributed by atoms with Crippen molar-refractivity contribution in [3.05, 3.63) is 54.0 Å². The second kappa shape index (κ2) is 5.72. The molecule has 2 rings (SSSR count). The lowest BCUT2D eigenvalue weighted by Gasteiger charge is -2.07. The summed E-state index contributed by atoms with van der Waals surface area (Å²) in [6.07, 6.45) is 3.24. The predicted molar refractivity (Wildman–Crippen MR) is 65.5 cm³/mol. The van der Waals surface area contributed by atoms with Crippen LogP contribution < -0.4 is 10.4 Å². The Morgan fingerprint density at radius 2 is 1.89 bits per heavy atom. The Balaban J connectivity index is 2.11. The number of ketones is 1. The third-order valence-electron chi connectivity index (χ3n) is 2.42. The summed E-state index contributed by atoms with van der Waals surface area (Å²) in [6, 6.07) is 6.40. The summed E-state index contributed by atoms with van der Waals surface area (Å²) in [7, 11) is 0. The van der Waals surface area contributed by atoms with E-state index in [1.807, 2.05) is 5.32 Å². The van der Waals surface area contributed by atoms with Crippen LogP contribution in [0, 0.1) is 0 Å². The van der Waals surface area contributed by atoms with Gasteiger partial charge in [-0.05, 0) is 29.8 Å². The molecule has 0 bridgehead atoms. The van der Waals surface area contributed by atoms with Gasteiger partial charge >= 0.3 is 0 Å². The highest BCUT2D eigenvalue weighted by molar-refractivity contribution is 5.97. The van der Waals surface area contributed by atoms with Gasteiger partial charge in [0, 0.05) is 30.6 Å². The molecular weight excluding hydrogens is 246 g/mol. The largest absolute Gasteiger partial charge is 0.530 e. The number of aromatic nitrogens is 2. The molecule has 1 N–H and O–H groups in total. The van der Waals surface area contributed by atoms with Crippen molar-refractivity contribution in [3.8, 4) is 0 Å². The Bertz CT molecular complexity index is 599. The maximum atomic E-state index is 12.0. The molecule has 19 heavy (non-hydrogen) atoms. The number of amides is 1. The van der Waals surface area contributed by atoms with Gasteiger partial charge in [0.05, 0.1) is 0 Å². The molecule has 0 aliphatic rings. The molecule has 0 atom stereocenters. The normalized spacial score (nSPS) is 9.89. The molecule has 0 fully saturated rings. The van der Waals surface area contributed by atoms with Crippen LogP contribution in [-0.2, 0) is 6.42 Å². The van der Waals surface area contributed by atoms with Gasteiger partial charge in [-0.15, -0.1) is 0 Å². The minimum Gasteiger partial charge on any atom is -0.530 e. The molecule has 2 aromatic rings. The number of nitrogens with zero attached hydrogens (tertiary/aromatic N) is 2. The summed E-state index contributed by atoms with van der Waals surface area (Å²) in [4.78, 5) is 30.0. The minimum absolute atomic E-state index is 0.0759. The van der Waals surface area contributed by atoms with E-state index < -0.39 is 6.09 Å². The van der Waals surface area contributed by atoms with Crippen LogP contribution in [0.2, 0.25) is 0 Å². The number of hydrogen-bond donors (Lipinski definition) is 1. The van der Waals surface area contributed by atoms with E-state index in [0.29, 0.717) is 11.1 Å². The number of rotatable bonds is 4. The van der Waals surface area contributed by atoms with Gasteiger partial charge in [0.25, 0.3) is 0 Å². The standard InChI is InChI=1S/C13H11N3O3/c17-11(10-2-4-14-5-3-10)7-9-1-6-15-12(8-9)16-13(18)19/h1-6,8H,7H2,(H,15,16)(H,18,19)/p-1. The minimum atomic E-state index is -1.44. The third kappa shape index (κ3) is 3.60. The first-order valence-corrected chi connectivity index (χ1v) is 5.51. The lowest BCUT2D eigenvalue weighted by molar-refractivity contribution is -0.242. The molecular formula is C13H10N3O3-. The first-order valence-electron chi connectivity index (χ1n) is 5.51. The van der Waals surface area contributed by atoms with Crippen molar-refractivity contribution in [2.24, 2.45) is 0 Å². The molecule has 6 heteroatoms. The maximum Gasteiger partial charge on any atom is 0.167 e. The number of Topliss-reactive ketones (excluding diaryl/α,β-unsaturated/α-hetero) is 1. The van der Waals surface area contributed by atoms with E-state index in [0.717, 1.165) is 0 Å². The van der Waals surface area contributed by atoms with Crippen molar-refractivity contribution in [2.45, 2.75) is 6.42 Å². The summed E-state index contributed by atoms with van der Waals surface area (Å²) >= 11 is 0. The summed E-state index contributed by atoms with van der Waals surface area (Å²) in [5.41, 5.74) is 1.22. The average Bonchev–Trinajstić information content (AvgIpc) is 2.39. The number of carbonyl (C=O) groups is 2. The maximum absolute atomic E-state index is 12.0. The van der Waals surface area contributed by atoms with Gasteiger partial charge in [-0.2, -0.15) is 0 Å². The highest BCUT2D eigenvalue weighted by atomic mass is 16.4. The molecule has 96 valence electrons. The molecule has 6 nitrogen and oxygen atoms in total. The number of hydrogen-bond acceptors (Lipinski definition) is 5. The van der Waals surface area contributed by atoms with Crippen LogP contribution in [0.3, 0.4) is 0 Å². The second-order valence-electron chi connectivity index (χ2n) is 3.80.